The molecule has 152 valence electrons. The minimum Gasteiger partial charge on any atom is -0.497 e. The van der Waals surface area contributed by atoms with Gasteiger partial charge in [0.1, 0.15) is 11.5 Å². The number of nitrogens with zero attached hydrogens (tertiary/aromatic N) is 3. The summed E-state index contributed by atoms with van der Waals surface area (Å²) >= 11 is 6.20. The lowest BCUT2D eigenvalue weighted by Crippen LogP contribution is -2.31. The molecule has 3 rings (SSSR count). The summed E-state index contributed by atoms with van der Waals surface area (Å²) in [6, 6.07) is 12.3. The van der Waals surface area contributed by atoms with Gasteiger partial charge in [-0.15, -0.1) is 10.2 Å². The lowest BCUT2D eigenvalue weighted by atomic mass is 10.1. The van der Waals surface area contributed by atoms with Gasteiger partial charge in [-0.05, 0) is 36.8 Å². The van der Waals surface area contributed by atoms with Crippen LogP contribution in [0.3, 0.4) is 0 Å². The Balaban J connectivity index is 1.86. The van der Waals surface area contributed by atoms with E-state index in [4.69, 9.17) is 25.5 Å². The summed E-state index contributed by atoms with van der Waals surface area (Å²) in [5.74, 6) is 1.47. The monoisotopic (exact) mass is 415 g/mol. The molecule has 0 N–H and O–H groups in total. The Morgan fingerprint density at radius 1 is 1.14 bits per heavy atom. The van der Waals surface area contributed by atoms with Crippen LogP contribution < -0.4 is 9.47 Å². The molecule has 0 spiro atoms. The van der Waals surface area contributed by atoms with Crippen LogP contribution in [-0.2, 0) is 6.54 Å². The third-order valence-corrected chi connectivity index (χ3v) is 4.64. The van der Waals surface area contributed by atoms with Crippen molar-refractivity contribution < 1.29 is 18.7 Å². The smallest absolute Gasteiger partial charge is 0.258 e. The van der Waals surface area contributed by atoms with Crippen molar-refractivity contribution in [1.82, 2.24) is 15.1 Å². The van der Waals surface area contributed by atoms with Gasteiger partial charge in [0.25, 0.3) is 5.91 Å². The van der Waals surface area contributed by atoms with E-state index in [0.717, 1.165) is 6.42 Å². The number of halogens is 1. The number of ether oxygens (including phenoxy) is 2. The van der Waals surface area contributed by atoms with Gasteiger partial charge in [-0.3, -0.25) is 4.79 Å². The Labute approximate surface area is 174 Å². The summed E-state index contributed by atoms with van der Waals surface area (Å²) in [5, 5.41) is 8.67. The van der Waals surface area contributed by atoms with Crippen LogP contribution in [0.1, 0.15) is 29.6 Å². The average molecular weight is 416 g/mol. The van der Waals surface area contributed by atoms with Gasteiger partial charge in [0.2, 0.25) is 11.8 Å². The quantitative estimate of drug-likeness (QED) is 0.540. The number of methoxy groups -OCH3 is 2. The average Bonchev–Trinajstić information content (AvgIpc) is 3.21. The van der Waals surface area contributed by atoms with Crippen LogP contribution in [0.5, 0.6) is 11.5 Å². The summed E-state index contributed by atoms with van der Waals surface area (Å²) in [5.41, 5.74) is 1.06. The van der Waals surface area contributed by atoms with Crippen LogP contribution in [0.15, 0.2) is 46.9 Å². The number of aromatic nitrogens is 2. The first-order valence-corrected chi connectivity index (χ1v) is 9.53. The maximum Gasteiger partial charge on any atom is 0.258 e. The topological polar surface area (TPSA) is 77.7 Å². The van der Waals surface area contributed by atoms with Crippen LogP contribution in [0.25, 0.3) is 11.5 Å². The fourth-order valence-corrected chi connectivity index (χ4v) is 3.11. The maximum absolute atomic E-state index is 13.2. The summed E-state index contributed by atoms with van der Waals surface area (Å²) < 4.78 is 16.4. The molecule has 0 aliphatic rings. The van der Waals surface area contributed by atoms with Crippen LogP contribution in [0, 0.1) is 0 Å². The van der Waals surface area contributed by atoms with Crippen LogP contribution in [-0.4, -0.2) is 41.8 Å². The van der Waals surface area contributed by atoms with Gasteiger partial charge in [-0.1, -0.05) is 30.7 Å². The normalized spacial score (nSPS) is 10.6. The second-order valence-electron chi connectivity index (χ2n) is 6.27. The largest absolute Gasteiger partial charge is 0.497 e. The van der Waals surface area contributed by atoms with Crippen molar-refractivity contribution in [2.75, 3.05) is 20.8 Å². The van der Waals surface area contributed by atoms with E-state index in [1.54, 1.807) is 42.3 Å². The Morgan fingerprint density at radius 3 is 2.62 bits per heavy atom. The number of carbonyl (C=O) groups is 1. The van der Waals surface area contributed by atoms with Gasteiger partial charge in [-0.2, -0.15) is 0 Å². The molecule has 7 nitrogen and oxygen atoms in total. The zero-order valence-corrected chi connectivity index (χ0v) is 17.3. The number of hydrogen-bond acceptors (Lipinski definition) is 6. The summed E-state index contributed by atoms with van der Waals surface area (Å²) in [4.78, 5) is 14.8. The number of amides is 1. The highest BCUT2D eigenvalue weighted by molar-refractivity contribution is 6.33. The van der Waals surface area contributed by atoms with Crippen LogP contribution in [0.4, 0.5) is 0 Å². The molecule has 0 bridgehead atoms. The highest BCUT2D eigenvalue weighted by Gasteiger charge is 2.23. The molecule has 0 atom stereocenters. The number of rotatable bonds is 8. The van der Waals surface area contributed by atoms with E-state index in [2.05, 4.69) is 10.2 Å². The molecule has 3 aromatic rings. The zero-order chi connectivity index (χ0) is 20.8. The first-order chi connectivity index (χ1) is 14.1. The number of hydrogen-bond donors (Lipinski definition) is 0. The SMILES string of the molecule is CCCN(Cc1nnc(-c2ccccc2Cl)o1)C(=O)c1cc(OC)ccc1OC. The fourth-order valence-electron chi connectivity index (χ4n) is 2.90. The standard InChI is InChI=1S/C21H22ClN3O4/c1-4-11-25(21(26)16-12-14(27-2)9-10-18(16)28-3)13-19-23-24-20(29-19)15-7-5-6-8-17(15)22/h5-10,12H,4,11,13H2,1-3H3. The molecule has 0 radical (unpaired) electrons. The Bertz CT molecular complexity index is 990. The Morgan fingerprint density at radius 2 is 1.93 bits per heavy atom. The molecule has 0 aliphatic carbocycles. The zero-order valence-electron chi connectivity index (χ0n) is 16.5. The van der Waals surface area contributed by atoms with E-state index in [0.29, 0.717) is 46.0 Å². The number of carbonyl (C=O) groups excluding carboxylic acids is 1. The molecule has 8 heteroatoms. The molecule has 0 aliphatic heterocycles. The Hall–Kier alpha value is -3.06. The second-order valence-corrected chi connectivity index (χ2v) is 6.68. The summed E-state index contributed by atoms with van der Waals surface area (Å²) in [6.07, 6.45) is 0.767. The summed E-state index contributed by atoms with van der Waals surface area (Å²) in [6.45, 7) is 2.68. The molecule has 29 heavy (non-hydrogen) atoms. The highest BCUT2D eigenvalue weighted by atomic mass is 35.5. The van der Waals surface area contributed by atoms with Crippen LogP contribution >= 0.6 is 11.6 Å². The van der Waals surface area contributed by atoms with Crippen molar-refractivity contribution in [3.63, 3.8) is 0 Å². The second kappa shape index (κ2) is 9.43. The molecular formula is C21H22ClN3O4. The van der Waals surface area contributed by atoms with Gasteiger partial charge in [0.05, 0.1) is 36.9 Å². The lowest BCUT2D eigenvalue weighted by molar-refractivity contribution is 0.0725. The van der Waals surface area contributed by atoms with E-state index in [1.165, 1.54) is 7.11 Å². The minimum atomic E-state index is -0.208. The fraction of sp³-hybridized carbons (Fsp3) is 0.286. The highest BCUT2D eigenvalue weighted by Crippen LogP contribution is 2.28. The van der Waals surface area contributed by atoms with Gasteiger partial charge in [0.15, 0.2) is 0 Å². The van der Waals surface area contributed by atoms with Gasteiger partial charge in [0, 0.05) is 6.54 Å². The van der Waals surface area contributed by atoms with Crippen molar-refractivity contribution >= 4 is 17.5 Å². The molecule has 0 fully saturated rings. The molecule has 1 aromatic heterocycles. The van der Waals surface area contributed by atoms with E-state index >= 15 is 0 Å². The van der Waals surface area contributed by atoms with Gasteiger partial charge < -0.3 is 18.8 Å². The predicted molar refractivity (Wildman–Crippen MR) is 109 cm³/mol. The van der Waals surface area contributed by atoms with Crippen molar-refractivity contribution in [3.8, 4) is 23.0 Å². The van der Waals surface area contributed by atoms with Gasteiger partial charge >= 0.3 is 0 Å². The van der Waals surface area contributed by atoms with Crippen LogP contribution in [0.2, 0.25) is 5.02 Å². The Kier molecular flexibility index (Phi) is 6.72. The third kappa shape index (κ3) is 4.68. The molecule has 0 saturated heterocycles. The van der Waals surface area contributed by atoms with E-state index in [9.17, 15) is 4.79 Å². The third-order valence-electron chi connectivity index (χ3n) is 4.32. The maximum atomic E-state index is 13.2. The van der Waals surface area contributed by atoms with Gasteiger partial charge in [-0.25, -0.2) is 0 Å². The predicted octanol–water partition coefficient (Wildman–Crippen LogP) is 4.46. The minimum absolute atomic E-state index is 0.171. The van der Waals surface area contributed by atoms with Crippen molar-refractivity contribution in [1.29, 1.82) is 0 Å². The van der Waals surface area contributed by atoms with E-state index in [1.807, 2.05) is 19.1 Å². The molecule has 1 heterocycles. The molecular weight excluding hydrogens is 394 g/mol. The van der Waals surface area contributed by atoms with E-state index in [-0.39, 0.29) is 12.5 Å². The molecule has 1 amide bonds. The first kappa shape index (κ1) is 20.7. The number of benzene rings is 2. The van der Waals surface area contributed by atoms with Crippen molar-refractivity contribution in [2.24, 2.45) is 0 Å². The van der Waals surface area contributed by atoms with Crippen molar-refractivity contribution in [3.05, 3.63) is 58.9 Å². The van der Waals surface area contributed by atoms with Crippen molar-refractivity contribution in [2.45, 2.75) is 19.9 Å². The summed E-state index contributed by atoms with van der Waals surface area (Å²) in [7, 11) is 3.07. The lowest BCUT2D eigenvalue weighted by Gasteiger charge is -2.21. The molecule has 0 saturated carbocycles. The molecule has 2 aromatic carbocycles. The molecule has 0 unspecified atom stereocenters. The van der Waals surface area contributed by atoms with E-state index < -0.39 is 0 Å². The first-order valence-electron chi connectivity index (χ1n) is 9.16.